The third-order valence-corrected chi connectivity index (χ3v) is 2.88. The Bertz CT molecular complexity index is 480. The first kappa shape index (κ1) is 10.2. The first-order valence-electron chi connectivity index (χ1n) is 4.66. The predicted molar refractivity (Wildman–Crippen MR) is 59.8 cm³/mol. The Kier molecular flexibility index (Phi) is 3.01. The lowest BCUT2D eigenvalue weighted by Gasteiger charge is -1.96. The van der Waals surface area contributed by atoms with Crippen LogP contribution in [-0.4, -0.2) is 25.2 Å². The third-order valence-electron chi connectivity index (χ3n) is 2.07. The lowest BCUT2D eigenvalue weighted by Crippen LogP contribution is -1.93. The molecule has 0 aromatic carbocycles. The van der Waals surface area contributed by atoms with Gasteiger partial charge in [0.05, 0.1) is 23.7 Å². The molecule has 0 aliphatic carbocycles. The van der Waals surface area contributed by atoms with E-state index in [1.54, 1.807) is 25.6 Å². The molecule has 0 radical (unpaired) electrons. The molecule has 2 aromatic heterocycles. The van der Waals surface area contributed by atoms with Crippen LogP contribution in [0.15, 0.2) is 24.9 Å². The molecule has 0 spiro atoms. The highest BCUT2D eigenvalue weighted by Gasteiger charge is 2.04. The summed E-state index contributed by atoms with van der Waals surface area (Å²) in [5, 5.41) is 0.150. The van der Waals surface area contributed by atoms with Crippen LogP contribution in [0.3, 0.4) is 0 Å². The summed E-state index contributed by atoms with van der Waals surface area (Å²) in [6.45, 7) is 1.58. The normalized spacial score (nSPS) is 10.7. The van der Waals surface area contributed by atoms with E-state index in [4.69, 9.17) is 0 Å². The zero-order chi connectivity index (χ0) is 10.7. The van der Waals surface area contributed by atoms with Crippen molar-refractivity contribution in [2.75, 3.05) is 5.75 Å². The van der Waals surface area contributed by atoms with Gasteiger partial charge in [0.1, 0.15) is 0 Å². The van der Waals surface area contributed by atoms with E-state index in [9.17, 15) is 4.79 Å². The van der Waals surface area contributed by atoms with E-state index in [2.05, 4.69) is 9.97 Å². The maximum absolute atomic E-state index is 10.8. The minimum absolute atomic E-state index is 0.150. The SMILES string of the molecule is CC(=O)SCCc1ncn2ccncc12. The minimum Gasteiger partial charge on any atom is -0.303 e. The largest absolute Gasteiger partial charge is 0.303 e. The zero-order valence-corrected chi connectivity index (χ0v) is 9.20. The second kappa shape index (κ2) is 4.44. The highest BCUT2D eigenvalue weighted by Crippen LogP contribution is 2.11. The summed E-state index contributed by atoms with van der Waals surface area (Å²) in [7, 11) is 0. The lowest BCUT2D eigenvalue weighted by atomic mass is 10.3. The van der Waals surface area contributed by atoms with Crippen LogP contribution in [0.1, 0.15) is 12.6 Å². The first-order valence-corrected chi connectivity index (χ1v) is 5.65. The number of imidazole rings is 1. The molecule has 0 bridgehead atoms. The van der Waals surface area contributed by atoms with Gasteiger partial charge in [-0.1, -0.05) is 11.8 Å². The van der Waals surface area contributed by atoms with Crippen LogP contribution in [0.5, 0.6) is 0 Å². The molecule has 5 heteroatoms. The average molecular weight is 221 g/mol. The molecule has 2 heterocycles. The molecule has 15 heavy (non-hydrogen) atoms. The summed E-state index contributed by atoms with van der Waals surface area (Å²) in [4.78, 5) is 19.1. The predicted octanol–water partition coefficient (Wildman–Crippen LogP) is 1.55. The van der Waals surface area contributed by atoms with Crippen LogP contribution in [0.25, 0.3) is 5.52 Å². The number of aryl methyl sites for hydroxylation is 1. The van der Waals surface area contributed by atoms with Gasteiger partial charge in [-0.2, -0.15) is 0 Å². The van der Waals surface area contributed by atoms with Gasteiger partial charge in [-0.15, -0.1) is 0 Å². The smallest absolute Gasteiger partial charge is 0.185 e. The minimum atomic E-state index is 0.150. The molecule has 0 aliphatic heterocycles. The van der Waals surface area contributed by atoms with Gasteiger partial charge in [-0.3, -0.25) is 9.78 Å². The lowest BCUT2D eigenvalue weighted by molar-refractivity contribution is -0.109. The van der Waals surface area contributed by atoms with E-state index in [0.717, 1.165) is 23.4 Å². The fourth-order valence-corrected chi connectivity index (χ4v) is 1.96. The molecular weight excluding hydrogens is 210 g/mol. The van der Waals surface area contributed by atoms with Crippen molar-refractivity contribution in [2.45, 2.75) is 13.3 Å². The van der Waals surface area contributed by atoms with Gasteiger partial charge in [-0.25, -0.2) is 4.98 Å². The molecule has 0 saturated carbocycles. The molecule has 0 aliphatic rings. The van der Waals surface area contributed by atoms with Crippen LogP contribution in [0.2, 0.25) is 0 Å². The Balaban J connectivity index is 2.11. The summed E-state index contributed by atoms with van der Waals surface area (Å²) < 4.78 is 1.93. The molecule has 0 N–H and O–H groups in total. The van der Waals surface area contributed by atoms with Crippen molar-refractivity contribution in [1.82, 2.24) is 14.4 Å². The molecule has 2 rings (SSSR count). The summed E-state index contributed by atoms with van der Waals surface area (Å²) in [6.07, 6.45) is 7.95. The van der Waals surface area contributed by atoms with Crippen LogP contribution >= 0.6 is 11.8 Å². The van der Waals surface area contributed by atoms with E-state index in [1.807, 2.05) is 10.6 Å². The number of nitrogens with zero attached hydrogens (tertiary/aromatic N) is 3. The Hall–Kier alpha value is -1.36. The van der Waals surface area contributed by atoms with Crippen molar-refractivity contribution in [3.63, 3.8) is 0 Å². The van der Waals surface area contributed by atoms with Crippen molar-refractivity contribution >= 4 is 22.4 Å². The molecule has 0 amide bonds. The zero-order valence-electron chi connectivity index (χ0n) is 8.38. The van der Waals surface area contributed by atoms with Gasteiger partial charge in [0.25, 0.3) is 0 Å². The van der Waals surface area contributed by atoms with Crippen LogP contribution < -0.4 is 0 Å². The van der Waals surface area contributed by atoms with E-state index in [0.29, 0.717) is 0 Å². The van der Waals surface area contributed by atoms with Crippen LogP contribution in [0.4, 0.5) is 0 Å². The Labute approximate surface area is 91.7 Å². The molecule has 0 unspecified atom stereocenters. The Morgan fingerprint density at radius 2 is 2.47 bits per heavy atom. The van der Waals surface area contributed by atoms with Gasteiger partial charge in [0.2, 0.25) is 0 Å². The molecule has 0 atom stereocenters. The summed E-state index contributed by atoms with van der Waals surface area (Å²) in [6, 6.07) is 0. The van der Waals surface area contributed by atoms with Gasteiger partial charge < -0.3 is 4.40 Å². The van der Waals surface area contributed by atoms with Gasteiger partial charge in [0.15, 0.2) is 5.12 Å². The molecule has 78 valence electrons. The highest BCUT2D eigenvalue weighted by atomic mass is 32.2. The Morgan fingerprint density at radius 3 is 3.27 bits per heavy atom. The van der Waals surface area contributed by atoms with E-state index in [1.165, 1.54) is 11.8 Å². The van der Waals surface area contributed by atoms with E-state index < -0.39 is 0 Å². The monoisotopic (exact) mass is 221 g/mol. The standard InChI is InChI=1S/C10H11N3OS/c1-8(14)15-5-2-9-10-6-11-3-4-13(10)7-12-9/h3-4,6-7H,2,5H2,1H3. The second-order valence-corrected chi connectivity index (χ2v) is 4.42. The topological polar surface area (TPSA) is 47.3 Å². The Morgan fingerprint density at radius 1 is 1.60 bits per heavy atom. The van der Waals surface area contributed by atoms with Gasteiger partial charge in [0, 0.05) is 31.5 Å². The number of thioether (sulfide) groups is 1. The maximum atomic E-state index is 10.8. The molecule has 4 nitrogen and oxygen atoms in total. The quantitative estimate of drug-likeness (QED) is 0.789. The van der Waals surface area contributed by atoms with Crippen molar-refractivity contribution in [2.24, 2.45) is 0 Å². The fraction of sp³-hybridized carbons (Fsp3) is 0.300. The van der Waals surface area contributed by atoms with Crippen LogP contribution in [0, 0.1) is 0 Å². The van der Waals surface area contributed by atoms with Crippen molar-refractivity contribution in [3.8, 4) is 0 Å². The summed E-state index contributed by atoms with van der Waals surface area (Å²) >= 11 is 1.33. The molecule has 0 fully saturated rings. The number of fused-ring (bicyclic) bond motifs is 1. The van der Waals surface area contributed by atoms with Crippen molar-refractivity contribution < 1.29 is 4.79 Å². The first-order chi connectivity index (χ1) is 7.27. The summed E-state index contributed by atoms with van der Waals surface area (Å²) in [5.41, 5.74) is 2.01. The molecule has 0 saturated heterocycles. The molecule has 2 aromatic rings. The van der Waals surface area contributed by atoms with E-state index in [-0.39, 0.29) is 5.12 Å². The maximum Gasteiger partial charge on any atom is 0.185 e. The number of rotatable bonds is 3. The third kappa shape index (κ3) is 2.36. The number of carbonyl (C=O) groups is 1. The average Bonchev–Trinajstić information content (AvgIpc) is 2.62. The van der Waals surface area contributed by atoms with Crippen LogP contribution in [-0.2, 0) is 11.2 Å². The van der Waals surface area contributed by atoms with Crippen molar-refractivity contribution in [1.29, 1.82) is 0 Å². The van der Waals surface area contributed by atoms with E-state index >= 15 is 0 Å². The fourth-order valence-electron chi connectivity index (χ4n) is 1.38. The number of aromatic nitrogens is 3. The van der Waals surface area contributed by atoms with Gasteiger partial charge >= 0.3 is 0 Å². The number of hydrogen-bond donors (Lipinski definition) is 0. The highest BCUT2D eigenvalue weighted by molar-refractivity contribution is 8.13. The summed E-state index contributed by atoms with van der Waals surface area (Å²) in [5.74, 6) is 0.775. The van der Waals surface area contributed by atoms with Crippen molar-refractivity contribution in [3.05, 3.63) is 30.6 Å². The molecular formula is C10H11N3OS. The second-order valence-electron chi connectivity index (χ2n) is 3.15. The van der Waals surface area contributed by atoms with Gasteiger partial charge in [-0.05, 0) is 0 Å². The number of hydrogen-bond acceptors (Lipinski definition) is 4. The number of carbonyl (C=O) groups excluding carboxylic acids is 1.